The van der Waals surface area contributed by atoms with Gasteiger partial charge in [-0.25, -0.2) is 13.1 Å². The Morgan fingerprint density at radius 3 is 2.60 bits per heavy atom. The van der Waals surface area contributed by atoms with Crippen LogP contribution < -0.4 is 10.5 Å². The van der Waals surface area contributed by atoms with Crippen LogP contribution in [0.3, 0.4) is 0 Å². The van der Waals surface area contributed by atoms with E-state index in [0.717, 1.165) is 0 Å². The summed E-state index contributed by atoms with van der Waals surface area (Å²) in [6.07, 6.45) is 0.350. The number of nitrogen functional groups attached to an aromatic ring is 1. The summed E-state index contributed by atoms with van der Waals surface area (Å²) in [5.74, 6) is 0. The van der Waals surface area contributed by atoms with E-state index in [0.29, 0.717) is 13.0 Å². The Bertz CT molecular complexity index is 613. The third-order valence-corrected chi connectivity index (χ3v) is 5.92. The molecule has 1 aromatic carbocycles. The third kappa shape index (κ3) is 2.89. The van der Waals surface area contributed by atoms with E-state index in [1.54, 1.807) is 6.92 Å². The normalized spacial score (nSPS) is 26.9. The molecule has 1 aliphatic rings. The summed E-state index contributed by atoms with van der Waals surface area (Å²) in [7, 11) is -3.86. The first-order valence-corrected chi connectivity index (χ1v) is 8.30. The summed E-state index contributed by atoms with van der Waals surface area (Å²) in [5.41, 5.74) is 5.07. The SMILES string of the molecule is CC1OCCC1(C)NS(=O)(=O)c1c(N)cc(Cl)cc1Cl. The second kappa shape index (κ2) is 5.35. The van der Waals surface area contributed by atoms with Gasteiger partial charge in [0.1, 0.15) is 4.90 Å². The Morgan fingerprint density at radius 1 is 1.45 bits per heavy atom. The molecule has 0 spiro atoms. The van der Waals surface area contributed by atoms with Crippen LogP contribution in [0, 0.1) is 0 Å². The van der Waals surface area contributed by atoms with Crippen molar-refractivity contribution in [1.82, 2.24) is 4.72 Å². The first-order chi connectivity index (χ1) is 9.16. The van der Waals surface area contributed by atoms with Gasteiger partial charge in [0.25, 0.3) is 0 Å². The fourth-order valence-corrected chi connectivity index (χ4v) is 4.67. The van der Waals surface area contributed by atoms with Gasteiger partial charge in [-0.2, -0.15) is 0 Å². The predicted molar refractivity (Wildman–Crippen MR) is 79.6 cm³/mol. The molecule has 1 fully saturated rings. The number of hydrogen-bond donors (Lipinski definition) is 2. The third-order valence-electron chi connectivity index (χ3n) is 3.56. The molecule has 1 aromatic rings. The zero-order valence-electron chi connectivity index (χ0n) is 11.1. The molecular formula is C12H16Cl2N2O3S. The molecule has 5 nitrogen and oxygen atoms in total. The zero-order valence-corrected chi connectivity index (χ0v) is 13.4. The standard InChI is InChI=1S/C12H16Cl2N2O3S/c1-7-12(2,3-4-19-7)16-20(17,18)11-9(14)5-8(13)6-10(11)15/h5-7,16H,3-4,15H2,1-2H3. The quantitative estimate of drug-likeness (QED) is 0.829. The Labute approximate surface area is 128 Å². The van der Waals surface area contributed by atoms with Gasteiger partial charge in [-0.05, 0) is 32.4 Å². The highest BCUT2D eigenvalue weighted by Crippen LogP contribution is 2.34. The number of sulfonamides is 1. The summed E-state index contributed by atoms with van der Waals surface area (Å²) in [5, 5.41) is 0.285. The molecule has 0 aromatic heterocycles. The molecule has 8 heteroatoms. The van der Waals surface area contributed by atoms with Gasteiger partial charge in [-0.3, -0.25) is 0 Å². The lowest BCUT2D eigenvalue weighted by atomic mass is 9.97. The zero-order chi connectivity index (χ0) is 15.1. The predicted octanol–water partition coefficient (Wildman–Crippen LogP) is 2.42. The van der Waals surface area contributed by atoms with Crippen LogP contribution in [0.15, 0.2) is 17.0 Å². The number of rotatable bonds is 3. The number of anilines is 1. The van der Waals surface area contributed by atoms with Crippen LogP contribution in [-0.2, 0) is 14.8 Å². The summed E-state index contributed by atoms with van der Waals surface area (Å²) in [4.78, 5) is -0.149. The van der Waals surface area contributed by atoms with Crippen molar-refractivity contribution in [3.63, 3.8) is 0 Å². The minimum atomic E-state index is -3.86. The molecule has 0 aliphatic carbocycles. The van der Waals surface area contributed by atoms with Crippen LogP contribution in [-0.4, -0.2) is 26.7 Å². The van der Waals surface area contributed by atoms with Crippen LogP contribution >= 0.6 is 23.2 Å². The minimum absolute atomic E-state index is 0.00216. The number of nitrogens with one attached hydrogen (secondary N) is 1. The lowest BCUT2D eigenvalue weighted by Crippen LogP contribution is -2.50. The van der Waals surface area contributed by atoms with E-state index in [9.17, 15) is 8.42 Å². The van der Waals surface area contributed by atoms with Gasteiger partial charge in [-0.15, -0.1) is 0 Å². The Balaban J connectivity index is 2.42. The van der Waals surface area contributed by atoms with Crippen LogP contribution in [0.5, 0.6) is 0 Å². The van der Waals surface area contributed by atoms with E-state index < -0.39 is 15.6 Å². The average Bonchev–Trinajstić information content (AvgIpc) is 2.55. The van der Waals surface area contributed by atoms with Crippen molar-refractivity contribution in [2.45, 2.75) is 36.8 Å². The molecule has 3 N–H and O–H groups in total. The number of hydrogen-bond acceptors (Lipinski definition) is 4. The van der Waals surface area contributed by atoms with Gasteiger partial charge >= 0.3 is 0 Å². The maximum absolute atomic E-state index is 12.5. The van der Waals surface area contributed by atoms with Gasteiger partial charge in [-0.1, -0.05) is 23.2 Å². The first kappa shape index (κ1) is 15.9. The second-order valence-electron chi connectivity index (χ2n) is 5.09. The molecule has 0 amide bonds. The Hall–Kier alpha value is -0.530. The maximum Gasteiger partial charge on any atom is 0.244 e. The minimum Gasteiger partial charge on any atom is -0.398 e. The van der Waals surface area contributed by atoms with Crippen LogP contribution in [0.1, 0.15) is 20.3 Å². The molecule has 1 aliphatic heterocycles. The monoisotopic (exact) mass is 338 g/mol. The number of benzene rings is 1. The summed E-state index contributed by atoms with van der Waals surface area (Å²) in [6.45, 7) is 4.12. The van der Waals surface area contributed by atoms with Gasteiger partial charge in [0.15, 0.2) is 0 Å². The van der Waals surface area contributed by atoms with Crippen molar-refractivity contribution in [3.05, 3.63) is 22.2 Å². The van der Waals surface area contributed by atoms with Crippen LogP contribution in [0.2, 0.25) is 10.0 Å². The average molecular weight is 339 g/mol. The van der Waals surface area contributed by atoms with Crippen molar-refractivity contribution < 1.29 is 13.2 Å². The van der Waals surface area contributed by atoms with E-state index >= 15 is 0 Å². The van der Waals surface area contributed by atoms with E-state index in [4.69, 9.17) is 33.7 Å². The number of nitrogens with two attached hydrogens (primary N) is 1. The summed E-state index contributed by atoms with van der Waals surface area (Å²) < 4.78 is 33.1. The Morgan fingerprint density at radius 2 is 2.10 bits per heavy atom. The van der Waals surface area contributed by atoms with Crippen molar-refractivity contribution in [2.24, 2.45) is 0 Å². The molecule has 20 heavy (non-hydrogen) atoms. The highest BCUT2D eigenvalue weighted by atomic mass is 35.5. The number of ether oxygens (including phenoxy) is 1. The van der Waals surface area contributed by atoms with Crippen LogP contribution in [0.25, 0.3) is 0 Å². The van der Waals surface area contributed by atoms with Crippen LogP contribution in [0.4, 0.5) is 5.69 Å². The van der Waals surface area contributed by atoms with Crippen molar-refractivity contribution in [3.8, 4) is 0 Å². The molecule has 112 valence electrons. The highest BCUT2D eigenvalue weighted by molar-refractivity contribution is 7.89. The summed E-state index contributed by atoms with van der Waals surface area (Å²) in [6, 6.07) is 2.71. The molecular weight excluding hydrogens is 323 g/mol. The van der Waals surface area contributed by atoms with Gasteiger partial charge < -0.3 is 10.5 Å². The topological polar surface area (TPSA) is 81.4 Å². The Kier molecular flexibility index (Phi) is 4.24. The summed E-state index contributed by atoms with van der Waals surface area (Å²) >= 11 is 11.8. The van der Waals surface area contributed by atoms with E-state index in [1.165, 1.54) is 12.1 Å². The second-order valence-corrected chi connectivity index (χ2v) is 7.55. The molecule has 2 atom stereocenters. The van der Waals surface area contributed by atoms with Crippen molar-refractivity contribution in [2.75, 3.05) is 12.3 Å². The van der Waals surface area contributed by atoms with E-state index in [-0.39, 0.29) is 26.7 Å². The molecule has 2 rings (SSSR count). The van der Waals surface area contributed by atoms with Gasteiger partial charge in [0.2, 0.25) is 10.0 Å². The molecule has 0 saturated carbocycles. The fraction of sp³-hybridized carbons (Fsp3) is 0.500. The van der Waals surface area contributed by atoms with E-state index in [1.807, 2.05) is 6.92 Å². The maximum atomic E-state index is 12.5. The number of halogens is 2. The lowest BCUT2D eigenvalue weighted by molar-refractivity contribution is 0.0957. The van der Waals surface area contributed by atoms with E-state index in [2.05, 4.69) is 4.72 Å². The largest absolute Gasteiger partial charge is 0.398 e. The van der Waals surface area contributed by atoms with Gasteiger partial charge in [0.05, 0.1) is 22.4 Å². The van der Waals surface area contributed by atoms with Crippen molar-refractivity contribution >= 4 is 38.9 Å². The molecule has 0 radical (unpaired) electrons. The molecule has 2 unspecified atom stereocenters. The highest BCUT2D eigenvalue weighted by Gasteiger charge is 2.41. The smallest absolute Gasteiger partial charge is 0.244 e. The molecule has 1 saturated heterocycles. The molecule has 0 bridgehead atoms. The van der Waals surface area contributed by atoms with Crippen molar-refractivity contribution in [1.29, 1.82) is 0 Å². The fourth-order valence-electron chi connectivity index (χ4n) is 2.19. The molecule has 1 heterocycles. The first-order valence-electron chi connectivity index (χ1n) is 6.06. The lowest BCUT2D eigenvalue weighted by Gasteiger charge is -2.28. The van der Waals surface area contributed by atoms with Gasteiger partial charge in [0, 0.05) is 11.6 Å².